The summed E-state index contributed by atoms with van der Waals surface area (Å²) in [5, 5.41) is 0.500. The van der Waals surface area contributed by atoms with Crippen molar-refractivity contribution >= 4 is 23.4 Å². The molecule has 0 saturated carbocycles. The van der Waals surface area contributed by atoms with Gasteiger partial charge in [-0.1, -0.05) is 18.2 Å². The lowest BCUT2D eigenvalue weighted by Crippen LogP contribution is -2.42. The summed E-state index contributed by atoms with van der Waals surface area (Å²) in [4.78, 5) is 29.6. The van der Waals surface area contributed by atoms with E-state index in [0.717, 1.165) is 11.1 Å². The highest BCUT2D eigenvalue weighted by atomic mass is 35.5. The molecule has 0 unspecified atom stereocenters. The molecule has 6 nitrogen and oxygen atoms in total. The molecule has 1 atom stereocenters. The van der Waals surface area contributed by atoms with Gasteiger partial charge in [0.1, 0.15) is 0 Å². The number of carbonyl (C=O) groups excluding carboxylic acids is 2. The van der Waals surface area contributed by atoms with Crippen LogP contribution in [0.5, 0.6) is 0 Å². The third kappa shape index (κ3) is 3.76. The first-order valence-electron chi connectivity index (χ1n) is 8.07. The van der Waals surface area contributed by atoms with Crippen molar-refractivity contribution in [1.29, 1.82) is 0 Å². The number of morpholine rings is 1. The Labute approximate surface area is 156 Å². The molecule has 1 aromatic carbocycles. The fraction of sp³-hybridized carbons (Fsp3) is 0.211. The van der Waals surface area contributed by atoms with E-state index < -0.39 is 5.91 Å². The number of carbonyl (C=O) groups is 2. The van der Waals surface area contributed by atoms with E-state index in [1.165, 1.54) is 12.3 Å². The quantitative estimate of drug-likeness (QED) is 0.837. The van der Waals surface area contributed by atoms with E-state index in [-0.39, 0.29) is 11.9 Å². The van der Waals surface area contributed by atoms with Crippen molar-refractivity contribution in [2.45, 2.75) is 6.04 Å². The zero-order valence-electron chi connectivity index (χ0n) is 14.0. The molecule has 0 bridgehead atoms. The van der Waals surface area contributed by atoms with Gasteiger partial charge in [0.25, 0.3) is 0 Å². The normalized spacial score (nSPS) is 17.0. The Morgan fingerprint density at radius 2 is 2.15 bits per heavy atom. The maximum absolute atomic E-state index is 12.2. The SMILES string of the molecule is C=CC(=O)N1CCOC[C@H]1c1cc(Cl)cc(-c2cc(C(N)=O)ccn2)c1. The van der Waals surface area contributed by atoms with E-state index in [9.17, 15) is 9.59 Å². The second kappa shape index (κ2) is 7.68. The fourth-order valence-electron chi connectivity index (χ4n) is 2.96. The summed E-state index contributed by atoms with van der Waals surface area (Å²) >= 11 is 6.30. The standard InChI is InChI=1S/C19H18ClN3O3/c1-2-18(24)23-5-6-26-11-17(23)14-7-13(8-15(20)9-14)16-10-12(19(21)25)3-4-22-16/h2-4,7-10,17H,1,5-6,11H2,(H2,21,25)/t17-/m0/s1. The molecular formula is C19H18ClN3O3. The van der Waals surface area contributed by atoms with Crippen LogP contribution < -0.4 is 5.73 Å². The highest BCUT2D eigenvalue weighted by molar-refractivity contribution is 6.31. The zero-order valence-corrected chi connectivity index (χ0v) is 14.8. The Balaban J connectivity index is 2.02. The van der Waals surface area contributed by atoms with Crippen LogP contribution in [0.2, 0.25) is 5.02 Å². The van der Waals surface area contributed by atoms with Gasteiger partial charge < -0.3 is 15.4 Å². The highest BCUT2D eigenvalue weighted by Crippen LogP contribution is 2.31. The smallest absolute Gasteiger partial charge is 0.248 e. The number of primary amides is 1. The zero-order chi connectivity index (χ0) is 18.7. The van der Waals surface area contributed by atoms with Crippen LogP contribution in [-0.2, 0) is 9.53 Å². The molecule has 0 spiro atoms. The molecule has 0 radical (unpaired) electrons. The molecule has 0 aliphatic carbocycles. The van der Waals surface area contributed by atoms with Gasteiger partial charge in [0, 0.05) is 28.9 Å². The van der Waals surface area contributed by atoms with Crippen LogP contribution in [0.15, 0.2) is 49.2 Å². The Morgan fingerprint density at radius 1 is 1.35 bits per heavy atom. The van der Waals surface area contributed by atoms with Gasteiger partial charge in [-0.05, 0) is 42.0 Å². The molecule has 134 valence electrons. The fourth-order valence-corrected chi connectivity index (χ4v) is 3.20. The third-order valence-electron chi connectivity index (χ3n) is 4.23. The van der Waals surface area contributed by atoms with Crippen molar-refractivity contribution in [3.8, 4) is 11.3 Å². The van der Waals surface area contributed by atoms with Gasteiger partial charge in [-0.15, -0.1) is 0 Å². The van der Waals surface area contributed by atoms with Crippen molar-refractivity contribution in [2.75, 3.05) is 19.8 Å². The van der Waals surface area contributed by atoms with E-state index in [2.05, 4.69) is 11.6 Å². The van der Waals surface area contributed by atoms with Gasteiger partial charge in [0.2, 0.25) is 11.8 Å². The third-order valence-corrected chi connectivity index (χ3v) is 4.45. The Hall–Kier alpha value is -2.70. The highest BCUT2D eigenvalue weighted by Gasteiger charge is 2.28. The monoisotopic (exact) mass is 371 g/mol. The van der Waals surface area contributed by atoms with Crippen LogP contribution in [0.25, 0.3) is 11.3 Å². The van der Waals surface area contributed by atoms with E-state index in [0.29, 0.717) is 36.0 Å². The number of aromatic nitrogens is 1. The van der Waals surface area contributed by atoms with Crippen molar-refractivity contribution < 1.29 is 14.3 Å². The summed E-state index contributed by atoms with van der Waals surface area (Å²) in [7, 11) is 0. The lowest BCUT2D eigenvalue weighted by Gasteiger charge is -2.35. The minimum atomic E-state index is -0.528. The summed E-state index contributed by atoms with van der Waals surface area (Å²) in [5.74, 6) is -0.687. The number of nitrogens with two attached hydrogens (primary N) is 1. The van der Waals surface area contributed by atoms with Crippen LogP contribution in [-0.4, -0.2) is 41.5 Å². The van der Waals surface area contributed by atoms with Crippen molar-refractivity contribution in [2.24, 2.45) is 5.73 Å². The minimum Gasteiger partial charge on any atom is -0.377 e. The van der Waals surface area contributed by atoms with Crippen LogP contribution in [0.1, 0.15) is 22.0 Å². The van der Waals surface area contributed by atoms with Gasteiger partial charge in [0.15, 0.2) is 0 Å². The molecule has 1 fully saturated rings. The predicted molar refractivity (Wildman–Crippen MR) is 98.7 cm³/mol. The molecule has 1 aliphatic heterocycles. The Kier molecular flexibility index (Phi) is 5.35. The molecule has 2 heterocycles. The van der Waals surface area contributed by atoms with Gasteiger partial charge in [0.05, 0.1) is 24.9 Å². The maximum atomic E-state index is 12.2. The molecule has 1 saturated heterocycles. The maximum Gasteiger partial charge on any atom is 0.248 e. The number of benzene rings is 1. The van der Waals surface area contributed by atoms with E-state index in [4.69, 9.17) is 22.1 Å². The largest absolute Gasteiger partial charge is 0.377 e. The lowest BCUT2D eigenvalue weighted by atomic mass is 9.99. The van der Waals surface area contributed by atoms with Crippen molar-refractivity contribution in [3.05, 3.63) is 65.3 Å². The van der Waals surface area contributed by atoms with Crippen LogP contribution in [0.3, 0.4) is 0 Å². The lowest BCUT2D eigenvalue weighted by molar-refractivity contribution is -0.134. The van der Waals surface area contributed by atoms with E-state index >= 15 is 0 Å². The molecule has 2 amide bonds. The van der Waals surface area contributed by atoms with Gasteiger partial charge >= 0.3 is 0 Å². The molecule has 2 N–H and O–H groups in total. The number of pyridine rings is 1. The topological polar surface area (TPSA) is 85.5 Å². The Morgan fingerprint density at radius 3 is 2.88 bits per heavy atom. The summed E-state index contributed by atoms with van der Waals surface area (Å²) in [6.07, 6.45) is 2.81. The number of halogens is 1. The molecule has 7 heteroatoms. The number of rotatable bonds is 4. The summed E-state index contributed by atoms with van der Waals surface area (Å²) in [5.41, 5.74) is 7.83. The minimum absolute atomic E-state index is 0.159. The molecule has 3 rings (SSSR count). The average Bonchev–Trinajstić information content (AvgIpc) is 2.67. The molecule has 2 aromatic rings. The van der Waals surface area contributed by atoms with Crippen LogP contribution in [0.4, 0.5) is 0 Å². The average molecular weight is 372 g/mol. The molecule has 1 aromatic heterocycles. The second-order valence-electron chi connectivity index (χ2n) is 5.89. The van der Waals surface area contributed by atoms with E-state index in [1.807, 2.05) is 6.07 Å². The number of hydrogen-bond donors (Lipinski definition) is 1. The van der Waals surface area contributed by atoms with Crippen molar-refractivity contribution in [3.63, 3.8) is 0 Å². The van der Waals surface area contributed by atoms with E-state index in [1.54, 1.807) is 29.2 Å². The van der Waals surface area contributed by atoms with Crippen LogP contribution in [0, 0.1) is 0 Å². The molecule has 26 heavy (non-hydrogen) atoms. The first-order valence-corrected chi connectivity index (χ1v) is 8.45. The van der Waals surface area contributed by atoms with Gasteiger partial charge in [-0.25, -0.2) is 0 Å². The first-order chi connectivity index (χ1) is 12.5. The van der Waals surface area contributed by atoms with Gasteiger partial charge in [-0.2, -0.15) is 0 Å². The molecule has 1 aliphatic rings. The first kappa shape index (κ1) is 18.1. The number of hydrogen-bond acceptors (Lipinski definition) is 4. The number of amides is 2. The number of ether oxygens (including phenoxy) is 1. The predicted octanol–water partition coefficient (Wildman–Crippen LogP) is 2.59. The summed E-state index contributed by atoms with van der Waals surface area (Å²) < 4.78 is 5.55. The summed E-state index contributed by atoms with van der Waals surface area (Å²) in [6.45, 7) is 4.89. The number of nitrogens with zero attached hydrogens (tertiary/aromatic N) is 2. The molecular weight excluding hydrogens is 354 g/mol. The Bertz CT molecular complexity index is 869. The van der Waals surface area contributed by atoms with Crippen molar-refractivity contribution in [1.82, 2.24) is 9.88 Å². The second-order valence-corrected chi connectivity index (χ2v) is 6.33. The van der Waals surface area contributed by atoms with Gasteiger partial charge in [-0.3, -0.25) is 14.6 Å². The summed E-state index contributed by atoms with van der Waals surface area (Å²) in [6, 6.07) is 8.33. The van der Waals surface area contributed by atoms with Crippen LogP contribution >= 0.6 is 11.6 Å².